The SMILES string of the molecule is CC(C)(C)C(N)C(=O)NCCOCC(F)(F)F. The summed E-state index contributed by atoms with van der Waals surface area (Å²) in [6, 6.07) is -0.704. The third-order valence-corrected chi connectivity index (χ3v) is 2.03. The Hall–Kier alpha value is -0.820. The summed E-state index contributed by atoms with van der Waals surface area (Å²) in [6.07, 6.45) is -4.34. The first kappa shape index (κ1) is 16.2. The van der Waals surface area contributed by atoms with E-state index >= 15 is 0 Å². The van der Waals surface area contributed by atoms with Crippen molar-refractivity contribution in [3.63, 3.8) is 0 Å². The Morgan fingerprint density at radius 3 is 2.29 bits per heavy atom. The highest BCUT2D eigenvalue weighted by atomic mass is 19.4. The molecule has 0 radical (unpaired) electrons. The summed E-state index contributed by atoms with van der Waals surface area (Å²) in [5, 5.41) is 2.42. The topological polar surface area (TPSA) is 64.4 Å². The number of carbonyl (C=O) groups is 1. The fourth-order valence-electron chi connectivity index (χ4n) is 0.938. The van der Waals surface area contributed by atoms with E-state index in [4.69, 9.17) is 5.73 Å². The van der Waals surface area contributed by atoms with E-state index in [2.05, 4.69) is 10.1 Å². The van der Waals surface area contributed by atoms with Crippen LogP contribution in [-0.2, 0) is 9.53 Å². The first-order chi connectivity index (χ1) is 7.54. The molecule has 0 aliphatic heterocycles. The predicted octanol–water partition coefficient (Wildman–Crippen LogP) is 1.05. The summed E-state index contributed by atoms with van der Waals surface area (Å²) in [5.74, 6) is -0.395. The number of rotatable bonds is 5. The molecule has 0 rings (SSSR count). The Morgan fingerprint density at radius 2 is 1.88 bits per heavy atom. The molecule has 0 aromatic heterocycles. The van der Waals surface area contributed by atoms with Crippen LogP contribution in [0.25, 0.3) is 0 Å². The van der Waals surface area contributed by atoms with Crippen molar-refractivity contribution in [3.8, 4) is 0 Å². The summed E-state index contributed by atoms with van der Waals surface area (Å²) in [6.45, 7) is 3.92. The standard InChI is InChI=1S/C10H19F3N2O2/c1-9(2,3)7(14)8(16)15-4-5-17-6-10(11,12)13/h7H,4-6,14H2,1-3H3,(H,15,16). The van der Waals surface area contributed by atoms with Crippen molar-refractivity contribution in [1.82, 2.24) is 5.32 Å². The molecule has 1 atom stereocenters. The van der Waals surface area contributed by atoms with E-state index in [9.17, 15) is 18.0 Å². The van der Waals surface area contributed by atoms with Gasteiger partial charge in [-0.1, -0.05) is 20.8 Å². The molecule has 0 spiro atoms. The molecule has 3 N–H and O–H groups in total. The van der Waals surface area contributed by atoms with Gasteiger partial charge < -0.3 is 15.8 Å². The highest BCUT2D eigenvalue weighted by molar-refractivity contribution is 5.82. The van der Waals surface area contributed by atoms with Gasteiger partial charge in [-0.15, -0.1) is 0 Å². The maximum atomic E-state index is 11.7. The lowest BCUT2D eigenvalue weighted by Crippen LogP contribution is -2.49. The zero-order chi connectivity index (χ0) is 13.7. The lowest BCUT2D eigenvalue weighted by Gasteiger charge is -2.25. The van der Waals surface area contributed by atoms with Gasteiger partial charge in [0.05, 0.1) is 12.6 Å². The number of carbonyl (C=O) groups excluding carboxylic acids is 1. The van der Waals surface area contributed by atoms with Crippen LogP contribution in [0.2, 0.25) is 0 Å². The summed E-state index contributed by atoms with van der Waals surface area (Å²) >= 11 is 0. The van der Waals surface area contributed by atoms with Crippen LogP contribution in [0.1, 0.15) is 20.8 Å². The molecule has 0 aliphatic rings. The van der Waals surface area contributed by atoms with Crippen molar-refractivity contribution in [2.75, 3.05) is 19.8 Å². The Bertz CT molecular complexity index is 249. The maximum Gasteiger partial charge on any atom is 0.411 e. The molecular weight excluding hydrogens is 237 g/mol. The molecular formula is C10H19F3N2O2. The molecule has 1 amide bonds. The molecule has 0 saturated carbocycles. The summed E-state index contributed by atoms with van der Waals surface area (Å²) in [5.41, 5.74) is 5.25. The summed E-state index contributed by atoms with van der Waals surface area (Å²) < 4.78 is 39.4. The van der Waals surface area contributed by atoms with Gasteiger partial charge in [-0.05, 0) is 5.41 Å². The monoisotopic (exact) mass is 256 g/mol. The van der Waals surface area contributed by atoms with Crippen LogP contribution in [0.5, 0.6) is 0 Å². The van der Waals surface area contributed by atoms with Crippen LogP contribution >= 0.6 is 0 Å². The molecule has 0 aliphatic carbocycles. The molecule has 1 unspecified atom stereocenters. The molecule has 7 heteroatoms. The highest BCUT2D eigenvalue weighted by Gasteiger charge is 2.28. The Morgan fingerprint density at radius 1 is 1.35 bits per heavy atom. The highest BCUT2D eigenvalue weighted by Crippen LogP contribution is 2.17. The van der Waals surface area contributed by atoms with Crippen LogP contribution in [0, 0.1) is 5.41 Å². The summed E-state index contributed by atoms with van der Waals surface area (Å²) in [4.78, 5) is 11.4. The first-order valence-electron chi connectivity index (χ1n) is 5.22. The second-order valence-corrected chi connectivity index (χ2v) is 4.80. The fraction of sp³-hybridized carbons (Fsp3) is 0.900. The fourth-order valence-corrected chi connectivity index (χ4v) is 0.938. The third kappa shape index (κ3) is 7.98. The Kier molecular flexibility index (Phi) is 5.91. The van der Waals surface area contributed by atoms with E-state index in [1.807, 2.05) is 0 Å². The van der Waals surface area contributed by atoms with E-state index in [-0.39, 0.29) is 13.2 Å². The van der Waals surface area contributed by atoms with Crippen molar-refractivity contribution < 1.29 is 22.7 Å². The van der Waals surface area contributed by atoms with Crippen LogP contribution < -0.4 is 11.1 Å². The van der Waals surface area contributed by atoms with E-state index in [0.717, 1.165) is 0 Å². The predicted molar refractivity (Wildman–Crippen MR) is 57.3 cm³/mol. The Labute approximate surface area is 98.7 Å². The van der Waals surface area contributed by atoms with E-state index in [1.165, 1.54) is 0 Å². The lowest BCUT2D eigenvalue weighted by atomic mass is 9.87. The molecule has 0 fully saturated rings. The number of amides is 1. The quantitative estimate of drug-likeness (QED) is 0.723. The molecule has 102 valence electrons. The van der Waals surface area contributed by atoms with Gasteiger partial charge in [0.2, 0.25) is 5.91 Å². The van der Waals surface area contributed by atoms with Gasteiger partial charge in [-0.2, -0.15) is 13.2 Å². The second kappa shape index (κ2) is 6.20. The number of hydrogen-bond donors (Lipinski definition) is 2. The number of ether oxygens (including phenoxy) is 1. The Balaban J connectivity index is 3.73. The van der Waals surface area contributed by atoms with Crippen molar-refractivity contribution >= 4 is 5.91 Å². The van der Waals surface area contributed by atoms with Gasteiger partial charge in [0.25, 0.3) is 0 Å². The number of nitrogens with two attached hydrogens (primary N) is 1. The maximum absolute atomic E-state index is 11.7. The number of alkyl halides is 3. The zero-order valence-corrected chi connectivity index (χ0v) is 10.2. The minimum Gasteiger partial charge on any atom is -0.370 e. The molecule has 0 saturated heterocycles. The van der Waals surface area contributed by atoms with Gasteiger partial charge in [0.1, 0.15) is 6.61 Å². The molecule has 0 bridgehead atoms. The smallest absolute Gasteiger partial charge is 0.370 e. The van der Waals surface area contributed by atoms with Crippen molar-refractivity contribution in [3.05, 3.63) is 0 Å². The molecule has 17 heavy (non-hydrogen) atoms. The molecule has 4 nitrogen and oxygen atoms in total. The molecule has 0 aromatic rings. The van der Waals surface area contributed by atoms with Crippen molar-refractivity contribution in [2.24, 2.45) is 11.1 Å². The molecule has 0 aromatic carbocycles. The average molecular weight is 256 g/mol. The minimum atomic E-state index is -4.34. The minimum absolute atomic E-state index is 0.0126. The van der Waals surface area contributed by atoms with Crippen LogP contribution in [0.4, 0.5) is 13.2 Å². The van der Waals surface area contributed by atoms with Crippen LogP contribution in [0.3, 0.4) is 0 Å². The average Bonchev–Trinajstić information content (AvgIpc) is 2.12. The molecule has 0 heterocycles. The van der Waals surface area contributed by atoms with E-state index in [0.29, 0.717) is 0 Å². The van der Waals surface area contributed by atoms with Gasteiger partial charge in [-0.3, -0.25) is 4.79 Å². The summed E-state index contributed by atoms with van der Waals surface area (Å²) in [7, 11) is 0. The second-order valence-electron chi connectivity index (χ2n) is 4.80. The largest absolute Gasteiger partial charge is 0.411 e. The third-order valence-electron chi connectivity index (χ3n) is 2.03. The van der Waals surface area contributed by atoms with E-state index in [1.54, 1.807) is 20.8 Å². The number of nitrogens with one attached hydrogen (secondary N) is 1. The number of hydrogen-bond acceptors (Lipinski definition) is 3. The van der Waals surface area contributed by atoms with Crippen LogP contribution in [-0.4, -0.2) is 37.9 Å². The number of halogens is 3. The lowest BCUT2D eigenvalue weighted by molar-refractivity contribution is -0.173. The zero-order valence-electron chi connectivity index (χ0n) is 10.2. The van der Waals surface area contributed by atoms with E-state index < -0.39 is 30.1 Å². The normalized spacial score (nSPS) is 14.5. The van der Waals surface area contributed by atoms with Gasteiger partial charge in [0, 0.05) is 6.54 Å². The van der Waals surface area contributed by atoms with Gasteiger partial charge in [0.15, 0.2) is 0 Å². The van der Waals surface area contributed by atoms with Crippen LogP contribution in [0.15, 0.2) is 0 Å². The van der Waals surface area contributed by atoms with Crippen molar-refractivity contribution in [1.29, 1.82) is 0 Å². The first-order valence-corrected chi connectivity index (χ1v) is 5.22. The van der Waals surface area contributed by atoms with Gasteiger partial charge in [-0.25, -0.2) is 0 Å². The van der Waals surface area contributed by atoms with Crippen molar-refractivity contribution in [2.45, 2.75) is 33.0 Å². The van der Waals surface area contributed by atoms with Gasteiger partial charge >= 0.3 is 6.18 Å².